The van der Waals surface area contributed by atoms with Gasteiger partial charge in [-0.05, 0) is 6.08 Å². The zero-order valence-electron chi connectivity index (χ0n) is 10.7. The average molecular weight is 264 g/mol. The van der Waals surface area contributed by atoms with Crippen molar-refractivity contribution in [2.45, 2.75) is 0 Å². The highest BCUT2D eigenvalue weighted by Gasteiger charge is 2.18. The van der Waals surface area contributed by atoms with Crippen LogP contribution in [-0.2, 0) is 0 Å². The molecule has 0 atom stereocenters. The number of hydrogen-bond donors (Lipinski definition) is 0. The quantitative estimate of drug-likeness (QED) is 0.473. The molecule has 0 radical (unpaired) electrons. The summed E-state index contributed by atoms with van der Waals surface area (Å²) in [5.74, 6) is -1.37. The minimum Gasteiger partial charge on any atom is -0.289 e. The Hall–Kier alpha value is -2.81. The Morgan fingerprint density at radius 1 is 0.700 bits per heavy atom. The SMILES string of the molecule is C=CC(=O)c1ccc(C(=O)C(=O)c2ccccc2)cc1. The Balaban J connectivity index is 2.24. The minimum atomic E-state index is -0.589. The Bertz CT molecular complexity index is 667. The highest BCUT2D eigenvalue weighted by Crippen LogP contribution is 2.10. The molecular weight excluding hydrogens is 252 g/mol. The van der Waals surface area contributed by atoms with Crippen LogP contribution in [0.5, 0.6) is 0 Å². The largest absolute Gasteiger partial charge is 0.289 e. The fourth-order valence-corrected chi connectivity index (χ4v) is 1.76. The number of ketones is 3. The molecule has 0 aromatic heterocycles. The van der Waals surface area contributed by atoms with Crippen LogP contribution in [0.1, 0.15) is 31.1 Å². The summed E-state index contributed by atoms with van der Waals surface area (Å²) in [5.41, 5.74) is 1.05. The van der Waals surface area contributed by atoms with Crippen molar-refractivity contribution >= 4 is 17.3 Å². The maximum atomic E-state index is 12.0. The molecule has 20 heavy (non-hydrogen) atoms. The topological polar surface area (TPSA) is 51.2 Å². The van der Waals surface area contributed by atoms with E-state index in [0.717, 1.165) is 0 Å². The summed E-state index contributed by atoms with van der Waals surface area (Å²) in [5, 5.41) is 0. The second-order valence-electron chi connectivity index (χ2n) is 4.17. The molecule has 2 aromatic carbocycles. The maximum absolute atomic E-state index is 12.0. The van der Waals surface area contributed by atoms with Crippen molar-refractivity contribution in [2.24, 2.45) is 0 Å². The van der Waals surface area contributed by atoms with Gasteiger partial charge in [-0.15, -0.1) is 0 Å². The van der Waals surface area contributed by atoms with Gasteiger partial charge in [0.2, 0.25) is 11.6 Å². The molecule has 0 N–H and O–H groups in total. The van der Waals surface area contributed by atoms with Crippen LogP contribution in [0.25, 0.3) is 0 Å². The molecule has 0 amide bonds. The average Bonchev–Trinajstić information content (AvgIpc) is 2.53. The number of hydrogen-bond acceptors (Lipinski definition) is 3. The Labute approximate surface area is 116 Å². The fourth-order valence-electron chi connectivity index (χ4n) is 1.76. The van der Waals surface area contributed by atoms with E-state index in [9.17, 15) is 14.4 Å². The monoisotopic (exact) mass is 264 g/mol. The molecule has 0 bridgehead atoms. The van der Waals surface area contributed by atoms with Crippen LogP contribution in [-0.4, -0.2) is 17.3 Å². The summed E-state index contributed by atoms with van der Waals surface area (Å²) in [7, 11) is 0. The van der Waals surface area contributed by atoms with E-state index in [1.54, 1.807) is 30.3 Å². The third kappa shape index (κ3) is 2.78. The molecule has 2 aromatic rings. The number of carbonyl (C=O) groups is 3. The lowest BCUT2D eigenvalue weighted by atomic mass is 10.00. The highest BCUT2D eigenvalue weighted by atomic mass is 16.2. The van der Waals surface area contributed by atoms with E-state index in [2.05, 4.69) is 6.58 Å². The molecule has 2 rings (SSSR count). The standard InChI is InChI=1S/C17H12O3/c1-2-15(18)12-8-10-14(11-9-12)17(20)16(19)13-6-4-3-5-7-13/h2-11H,1H2. The smallest absolute Gasteiger partial charge is 0.233 e. The lowest BCUT2D eigenvalue weighted by Crippen LogP contribution is -2.14. The molecule has 0 saturated heterocycles. The lowest BCUT2D eigenvalue weighted by Gasteiger charge is -2.02. The number of rotatable bonds is 5. The molecule has 0 heterocycles. The molecule has 0 saturated carbocycles. The van der Waals surface area contributed by atoms with Crippen LogP contribution in [0.15, 0.2) is 67.3 Å². The van der Waals surface area contributed by atoms with Crippen molar-refractivity contribution in [1.82, 2.24) is 0 Å². The van der Waals surface area contributed by atoms with E-state index in [1.165, 1.54) is 30.3 Å². The second kappa shape index (κ2) is 5.89. The van der Waals surface area contributed by atoms with E-state index in [4.69, 9.17) is 0 Å². The van der Waals surface area contributed by atoms with Gasteiger partial charge in [-0.1, -0.05) is 61.2 Å². The molecule has 0 aliphatic carbocycles. The van der Waals surface area contributed by atoms with Crippen molar-refractivity contribution in [1.29, 1.82) is 0 Å². The third-order valence-corrected chi connectivity index (χ3v) is 2.86. The zero-order valence-corrected chi connectivity index (χ0v) is 10.7. The summed E-state index contributed by atoms with van der Waals surface area (Å²) in [6.07, 6.45) is 1.20. The number of Topliss-reactive ketones (excluding diaryl/α,β-unsaturated/α-hetero) is 2. The van der Waals surface area contributed by atoms with Crippen LogP contribution in [0.3, 0.4) is 0 Å². The van der Waals surface area contributed by atoms with Gasteiger partial charge in [0.25, 0.3) is 0 Å². The second-order valence-corrected chi connectivity index (χ2v) is 4.17. The lowest BCUT2D eigenvalue weighted by molar-refractivity contribution is 0.0817. The number of carbonyl (C=O) groups excluding carboxylic acids is 3. The highest BCUT2D eigenvalue weighted by molar-refractivity contribution is 6.49. The summed E-state index contributed by atoms with van der Waals surface area (Å²) < 4.78 is 0. The zero-order chi connectivity index (χ0) is 14.5. The first-order valence-corrected chi connectivity index (χ1v) is 6.04. The van der Waals surface area contributed by atoms with Crippen LogP contribution in [0, 0.1) is 0 Å². The van der Waals surface area contributed by atoms with Crippen molar-refractivity contribution in [3.63, 3.8) is 0 Å². The summed E-state index contributed by atoms with van der Waals surface area (Å²) in [6.45, 7) is 3.39. The molecule has 0 aliphatic heterocycles. The van der Waals surface area contributed by atoms with Gasteiger partial charge in [0.1, 0.15) is 0 Å². The van der Waals surface area contributed by atoms with Gasteiger partial charge in [-0.2, -0.15) is 0 Å². The Morgan fingerprint density at radius 3 is 1.65 bits per heavy atom. The Morgan fingerprint density at radius 2 is 1.15 bits per heavy atom. The van der Waals surface area contributed by atoms with Gasteiger partial charge in [0, 0.05) is 16.7 Å². The maximum Gasteiger partial charge on any atom is 0.233 e. The Kier molecular flexibility index (Phi) is 4.01. The molecule has 3 heteroatoms. The predicted octanol–water partition coefficient (Wildman–Crippen LogP) is 3.12. The van der Waals surface area contributed by atoms with E-state index >= 15 is 0 Å². The van der Waals surface area contributed by atoms with E-state index in [0.29, 0.717) is 11.1 Å². The molecule has 98 valence electrons. The van der Waals surface area contributed by atoms with Crippen LogP contribution in [0.4, 0.5) is 0 Å². The number of benzene rings is 2. The summed E-state index contributed by atoms with van der Waals surface area (Å²) in [6, 6.07) is 14.3. The normalized spacial score (nSPS) is 9.80. The molecular formula is C17H12O3. The van der Waals surface area contributed by atoms with Gasteiger partial charge in [0.05, 0.1) is 0 Å². The molecule has 3 nitrogen and oxygen atoms in total. The van der Waals surface area contributed by atoms with Crippen LogP contribution < -0.4 is 0 Å². The van der Waals surface area contributed by atoms with E-state index in [1.807, 2.05) is 0 Å². The molecule has 0 spiro atoms. The molecule has 0 aliphatic rings. The van der Waals surface area contributed by atoms with Gasteiger partial charge in [-0.25, -0.2) is 0 Å². The first-order valence-electron chi connectivity index (χ1n) is 6.04. The van der Waals surface area contributed by atoms with Crippen molar-refractivity contribution in [3.8, 4) is 0 Å². The van der Waals surface area contributed by atoms with Crippen LogP contribution in [0.2, 0.25) is 0 Å². The van der Waals surface area contributed by atoms with Crippen LogP contribution >= 0.6 is 0 Å². The van der Waals surface area contributed by atoms with Gasteiger partial charge >= 0.3 is 0 Å². The minimum absolute atomic E-state index is 0.224. The summed E-state index contributed by atoms with van der Waals surface area (Å²) >= 11 is 0. The van der Waals surface area contributed by atoms with E-state index < -0.39 is 11.6 Å². The first-order chi connectivity index (χ1) is 9.63. The third-order valence-electron chi connectivity index (χ3n) is 2.86. The van der Waals surface area contributed by atoms with Crippen molar-refractivity contribution < 1.29 is 14.4 Å². The van der Waals surface area contributed by atoms with Gasteiger partial charge < -0.3 is 0 Å². The first kappa shape index (κ1) is 13.6. The summed E-state index contributed by atoms with van der Waals surface area (Å²) in [4.78, 5) is 35.4. The van der Waals surface area contributed by atoms with Crippen molar-refractivity contribution in [2.75, 3.05) is 0 Å². The van der Waals surface area contributed by atoms with Gasteiger partial charge in [0.15, 0.2) is 5.78 Å². The van der Waals surface area contributed by atoms with Gasteiger partial charge in [-0.3, -0.25) is 14.4 Å². The molecule has 0 fully saturated rings. The predicted molar refractivity (Wildman–Crippen MR) is 76.1 cm³/mol. The van der Waals surface area contributed by atoms with Crippen molar-refractivity contribution in [3.05, 3.63) is 83.9 Å². The van der Waals surface area contributed by atoms with E-state index in [-0.39, 0.29) is 11.3 Å². The molecule has 0 unspecified atom stereocenters. The number of allylic oxidation sites excluding steroid dienone is 1. The fraction of sp³-hybridized carbons (Fsp3) is 0.